The third kappa shape index (κ3) is 2.63. The minimum Gasteiger partial charge on any atom is -0.144 e. The first-order valence-corrected chi connectivity index (χ1v) is 8.87. The molecule has 1 heteroatoms. The summed E-state index contributed by atoms with van der Waals surface area (Å²) in [7, 11) is 0. The van der Waals surface area contributed by atoms with Gasteiger partial charge < -0.3 is 0 Å². The zero-order valence-corrected chi connectivity index (χ0v) is 12.6. The van der Waals surface area contributed by atoms with Crippen LogP contribution in [-0.4, -0.2) is 20.4 Å². The molecule has 0 saturated heterocycles. The lowest BCUT2D eigenvalue weighted by Crippen LogP contribution is -2.07. The summed E-state index contributed by atoms with van der Waals surface area (Å²) in [5.41, 5.74) is 5.88. The Kier molecular flexibility index (Phi) is 4.05. The van der Waals surface area contributed by atoms with Crippen molar-refractivity contribution >= 4 is 32.0 Å². The van der Waals surface area contributed by atoms with Gasteiger partial charge in [-0.2, -0.15) is 0 Å². The Morgan fingerprint density at radius 3 is 2.47 bits per heavy atom. The van der Waals surface area contributed by atoms with Crippen LogP contribution >= 0.6 is 0 Å². The second-order valence-corrected chi connectivity index (χ2v) is 7.24. The number of hydrogen-bond donors (Lipinski definition) is 0. The van der Waals surface area contributed by atoms with Gasteiger partial charge in [0.2, 0.25) is 0 Å². The Bertz CT molecular complexity index is 584. The molecule has 0 heterocycles. The zero-order valence-electron chi connectivity index (χ0n) is 11.2. The maximum absolute atomic E-state index is 4.02. The van der Waals surface area contributed by atoms with E-state index in [0.29, 0.717) is 4.05 Å². The van der Waals surface area contributed by atoms with Gasteiger partial charge in [-0.15, -0.1) is 4.55 Å². The number of benzene rings is 2. The molecule has 0 aliphatic heterocycles. The van der Waals surface area contributed by atoms with Gasteiger partial charge in [0.1, 0.15) is 0 Å². The van der Waals surface area contributed by atoms with Crippen LogP contribution in [0.2, 0.25) is 4.55 Å². The monoisotopic (exact) mass is 257 g/mol. The molecule has 3 rings (SSSR count). The van der Waals surface area contributed by atoms with E-state index in [-0.39, 0.29) is 20.4 Å². The van der Waals surface area contributed by atoms with E-state index in [9.17, 15) is 0 Å². The van der Waals surface area contributed by atoms with Gasteiger partial charge in [-0.1, -0.05) is 89.2 Å². The summed E-state index contributed by atoms with van der Waals surface area (Å²) in [6, 6.07) is 19.7. The summed E-state index contributed by atoms with van der Waals surface area (Å²) in [4.78, 5) is 0. The van der Waals surface area contributed by atoms with E-state index >= 15 is 0 Å². The van der Waals surface area contributed by atoms with Crippen LogP contribution in [0.1, 0.15) is 27.2 Å². The van der Waals surface area contributed by atoms with Crippen LogP contribution < -0.4 is 0 Å². The summed E-state index contributed by atoms with van der Waals surface area (Å²) in [6.07, 6.45) is 3.47. The standard InChI is InChI=1S/C15H11.C3H6.Mg/c1-2-6-12(7-3-1)15-10-13-8-4-5-9-14(13)11-15;1-3-2;/h1-11H;1-3H2;. The first-order chi connectivity index (χ1) is 9.40. The van der Waals surface area contributed by atoms with Crippen molar-refractivity contribution in [3.05, 3.63) is 78.2 Å². The normalized spacial score (nSPS) is 16.7. The second-order valence-electron chi connectivity index (χ2n) is 5.14. The van der Waals surface area contributed by atoms with Crippen LogP contribution in [0.15, 0.2) is 54.6 Å². The molecular weight excluding hydrogens is 241 g/mol. The van der Waals surface area contributed by atoms with E-state index in [1.165, 1.54) is 21.3 Å². The third-order valence-electron chi connectivity index (χ3n) is 3.91. The number of rotatable bonds is 4. The molecule has 0 N–H and O–H groups in total. The van der Waals surface area contributed by atoms with Crippen molar-refractivity contribution in [1.29, 1.82) is 0 Å². The molecule has 1 aliphatic carbocycles. The summed E-state index contributed by atoms with van der Waals surface area (Å²) >= 11 is -0.143. The molecule has 0 bridgehead atoms. The van der Waals surface area contributed by atoms with Gasteiger partial charge >= 0.3 is 20.4 Å². The molecule has 1 unspecified atom stereocenters. The van der Waals surface area contributed by atoms with Crippen molar-refractivity contribution in [1.82, 2.24) is 0 Å². The number of allylic oxidation sites excluding steroid dienone is 1. The van der Waals surface area contributed by atoms with E-state index in [2.05, 4.69) is 67.6 Å². The SMILES string of the molecule is [CH2]C[CH2][Mg][CH]1C(c2ccccc2)=Cc2ccccc21. The first kappa shape index (κ1) is 13.0. The summed E-state index contributed by atoms with van der Waals surface area (Å²) in [5, 5.41) is 0. The van der Waals surface area contributed by atoms with E-state index in [1.807, 2.05) is 0 Å². The topological polar surface area (TPSA) is 0 Å². The van der Waals surface area contributed by atoms with Crippen molar-refractivity contribution in [3.8, 4) is 0 Å². The largest absolute Gasteiger partial charge is 0.382 e. The molecule has 19 heavy (non-hydrogen) atoms. The van der Waals surface area contributed by atoms with E-state index in [0.717, 1.165) is 6.42 Å². The fraction of sp³-hybridized carbons (Fsp3) is 0.167. The van der Waals surface area contributed by atoms with Crippen molar-refractivity contribution in [2.24, 2.45) is 0 Å². The fourth-order valence-corrected chi connectivity index (χ4v) is 5.01. The minimum absolute atomic E-state index is 0.143. The molecule has 0 aromatic heterocycles. The highest BCUT2D eigenvalue weighted by Crippen LogP contribution is 2.41. The smallest absolute Gasteiger partial charge is 0.144 e. The van der Waals surface area contributed by atoms with Crippen molar-refractivity contribution < 1.29 is 0 Å². The van der Waals surface area contributed by atoms with Crippen molar-refractivity contribution in [3.63, 3.8) is 0 Å². The Balaban J connectivity index is 1.99. The highest BCUT2D eigenvalue weighted by atomic mass is 24.5. The molecule has 0 saturated carbocycles. The average Bonchev–Trinajstić information content (AvgIpc) is 2.85. The zero-order chi connectivity index (χ0) is 13.1. The van der Waals surface area contributed by atoms with Gasteiger partial charge in [-0.3, -0.25) is 0 Å². The second kappa shape index (κ2) is 5.93. The van der Waals surface area contributed by atoms with Gasteiger partial charge in [0.05, 0.1) is 0 Å². The molecule has 0 spiro atoms. The lowest BCUT2D eigenvalue weighted by Gasteiger charge is -2.16. The number of fused-ring (bicyclic) bond motifs is 1. The highest BCUT2D eigenvalue weighted by Gasteiger charge is 2.25. The van der Waals surface area contributed by atoms with Crippen LogP contribution in [0.4, 0.5) is 0 Å². The molecule has 1 aliphatic rings. The fourth-order valence-electron chi connectivity index (χ4n) is 2.97. The van der Waals surface area contributed by atoms with E-state index < -0.39 is 0 Å². The Morgan fingerprint density at radius 1 is 0.947 bits per heavy atom. The molecule has 0 nitrogen and oxygen atoms in total. The molecule has 0 amide bonds. The van der Waals surface area contributed by atoms with Crippen LogP contribution in [0.25, 0.3) is 11.6 Å². The number of hydrogen-bond acceptors (Lipinski definition) is 0. The molecule has 2 aromatic carbocycles. The van der Waals surface area contributed by atoms with Crippen LogP contribution in [0.5, 0.6) is 0 Å². The van der Waals surface area contributed by atoms with Crippen LogP contribution in [-0.2, 0) is 0 Å². The summed E-state index contributed by atoms with van der Waals surface area (Å²) in [5.74, 6) is 0. The first-order valence-electron chi connectivity index (χ1n) is 7.05. The van der Waals surface area contributed by atoms with Crippen LogP contribution in [0.3, 0.4) is 0 Å². The quantitative estimate of drug-likeness (QED) is 0.701. The molecule has 2 aromatic rings. The molecule has 0 fully saturated rings. The summed E-state index contributed by atoms with van der Waals surface area (Å²) < 4.78 is 2.00. The maximum atomic E-state index is 4.02. The minimum atomic E-state index is -0.143. The Morgan fingerprint density at radius 2 is 1.68 bits per heavy atom. The van der Waals surface area contributed by atoms with Crippen LogP contribution in [0, 0.1) is 6.92 Å². The highest BCUT2D eigenvalue weighted by molar-refractivity contribution is 6.43. The van der Waals surface area contributed by atoms with Gasteiger partial charge in [0, 0.05) is 0 Å². The molecular formula is C18H17Mg. The lowest BCUT2D eigenvalue weighted by molar-refractivity contribution is 1.14. The average molecular weight is 258 g/mol. The molecule has 1 radical (unpaired) electrons. The van der Waals surface area contributed by atoms with E-state index in [4.69, 9.17) is 0 Å². The van der Waals surface area contributed by atoms with Gasteiger partial charge in [0.25, 0.3) is 0 Å². The third-order valence-corrected chi connectivity index (χ3v) is 6.27. The lowest BCUT2D eigenvalue weighted by atomic mass is 10.0. The Hall–Kier alpha value is -1.05. The molecule has 91 valence electrons. The van der Waals surface area contributed by atoms with Crippen molar-refractivity contribution in [2.75, 3.05) is 0 Å². The van der Waals surface area contributed by atoms with Gasteiger partial charge in [0.15, 0.2) is 0 Å². The maximum Gasteiger partial charge on any atom is 0.382 e. The molecule has 1 atom stereocenters. The van der Waals surface area contributed by atoms with Gasteiger partial charge in [-0.25, -0.2) is 0 Å². The van der Waals surface area contributed by atoms with Gasteiger partial charge in [-0.05, 0) is 11.1 Å². The van der Waals surface area contributed by atoms with E-state index in [1.54, 1.807) is 5.56 Å². The van der Waals surface area contributed by atoms with Crippen molar-refractivity contribution in [2.45, 2.75) is 15.0 Å². The summed E-state index contributed by atoms with van der Waals surface area (Å²) in [6.45, 7) is 4.02. The Labute approximate surface area is 125 Å². The predicted molar refractivity (Wildman–Crippen MR) is 84.0 cm³/mol. The predicted octanol–water partition coefficient (Wildman–Crippen LogP) is 4.63.